The van der Waals surface area contributed by atoms with Crippen LogP contribution in [0.3, 0.4) is 0 Å². The number of carboxylic acid groups (broad SMARTS) is 1. The van der Waals surface area contributed by atoms with E-state index in [1.807, 2.05) is 13.8 Å². The minimum Gasteiger partial charge on any atom is -0.481 e. The lowest BCUT2D eigenvalue weighted by molar-refractivity contribution is -0.141. The Labute approximate surface area is 104 Å². The fraction of sp³-hybridized carbons (Fsp3) is 0.909. The Bertz CT molecular complexity index is 335. The molecule has 0 radical (unpaired) electrons. The Morgan fingerprint density at radius 2 is 1.76 bits per heavy atom. The van der Waals surface area contributed by atoms with Gasteiger partial charge >= 0.3 is 5.97 Å². The molecule has 102 valence electrons. The van der Waals surface area contributed by atoms with E-state index in [1.54, 1.807) is 0 Å². The highest BCUT2D eigenvalue weighted by Gasteiger charge is 2.25. The van der Waals surface area contributed by atoms with Gasteiger partial charge in [0, 0.05) is 13.6 Å². The monoisotopic (exact) mass is 265 g/mol. The van der Waals surface area contributed by atoms with Crippen molar-refractivity contribution in [2.24, 2.45) is 11.8 Å². The molecule has 0 aromatic heterocycles. The topological polar surface area (TPSA) is 74.7 Å². The molecule has 0 fully saturated rings. The molecule has 0 saturated heterocycles. The maximum absolute atomic E-state index is 11.9. The fourth-order valence-electron chi connectivity index (χ4n) is 1.53. The third-order valence-corrected chi connectivity index (χ3v) is 5.02. The zero-order valence-electron chi connectivity index (χ0n) is 11.0. The summed E-state index contributed by atoms with van der Waals surface area (Å²) < 4.78 is 25.1. The second kappa shape index (κ2) is 6.96. The summed E-state index contributed by atoms with van der Waals surface area (Å²) in [4.78, 5) is 10.7. The standard InChI is InChI=1S/C11H23NO4S/c1-5-10(6-2)8-17(15,16)12(4)7-9(3)11(13)14/h9-10H,5-8H2,1-4H3,(H,13,14). The van der Waals surface area contributed by atoms with E-state index >= 15 is 0 Å². The highest BCUT2D eigenvalue weighted by Crippen LogP contribution is 2.14. The van der Waals surface area contributed by atoms with Crippen LogP contribution in [0.2, 0.25) is 0 Å². The zero-order chi connectivity index (χ0) is 13.6. The molecule has 0 spiro atoms. The van der Waals surface area contributed by atoms with E-state index in [2.05, 4.69) is 0 Å². The Morgan fingerprint density at radius 3 is 2.12 bits per heavy atom. The van der Waals surface area contributed by atoms with E-state index in [1.165, 1.54) is 14.0 Å². The molecule has 0 heterocycles. The van der Waals surface area contributed by atoms with Crippen LogP contribution in [-0.4, -0.2) is 43.1 Å². The first-order valence-corrected chi connectivity index (χ1v) is 7.52. The molecule has 0 aliphatic rings. The van der Waals surface area contributed by atoms with Crippen molar-refractivity contribution < 1.29 is 18.3 Å². The molecule has 0 bridgehead atoms. The Hall–Kier alpha value is -0.620. The van der Waals surface area contributed by atoms with Gasteiger partial charge in [0.1, 0.15) is 0 Å². The van der Waals surface area contributed by atoms with Gasteiger partial charge in [-0.3, -0.25) is 4.79 Å². The number of sulfonamides is 1. The molecule has 0 amide bonds. The van der Waals surface area contributed by atoms with Crippen LogP contribution in [0.15, 0.2) is 0 Å². The lowest BCUT2D eigenvalue weighted by Crippen LogP contribution is -2.36. The summed E-state index contributed by atoms with van der Waals surface area (Å²) in [5.74, 6) is -1.42. The molecule has 1 atom stereocenters. The summed E-state index contributed by atoms with van der Waals surface area (Å²) >= 11 is 0. The number of carbonyl (C=O) groups is 1. The van der Waals surface area contributed by atoms with Crippen LogP contribution in [0.5, 0.6) is 0 Å². The second-order valence-corrected chi connectivity index (χ2v) is 6.60. The van der Waals surface area contributed by atoms with Gasteiger partial charge < -0.3 is 5.11 Å². The van der Waals surface area contributed by atoms with Crippen LogP contribution in [0, 0.1) is 11.8 Å². The first-order chi connectivity index (χ1) is 7.74. The lowest BCUT2D eigenvalue weighted by Gasteiger charge is -2.22. The summed E-state index contributed by atoms with van der Waals surface area (Å²) in [6, 6.07) is 0. The van der Waals surface area contributed by atoms with Gasteiger partial charge in [-0.15, -0.1) is 0 Å². The largest absolute Gasteiger partial charge is 0.481 e. The summed E-state index contributed by atoms with van der Waals surface area (Å²) in [5, 5.41) is 8.75. The summed E-state index contributed by atoms with van der Waals surface area (Å²) in [5.41, 5.74) is 0. The summed E-state index contributed by atoms with van der Waals surface area (Å²) in [6.45, 7) is 5.45. The first-order valence-electron chi connectivity index (χ1n) is 5.91. The Balaban J connectivity index is 4.55. The number of hydrogen-bond donors (Lipinski definition) is 1. The van der Waals surface area contributed by atoms with Crippen LogP contribution in [0.4, 0.5) is 0 Å². The van der Waals surface area contributed by atoms with E-state index < -0.39 is 21.9 Å². The summed E-state index contributed by atoms with van der Waals surface area (Å²) in [7, 11) is -1.90. The van der Waals surface area contributed by atoms with Crippen molar-refractivity contribution in [1.29, 1.82) is 0 Å². The molecule has 17 heavy (non-hydrogen) atoms. The molecule has 0 saturated carbocycles. The average molecular weight is 265 g/mol. The molecule has 0 rings (SSSR count). The molecule has 0 aliphatic carbocycles. The van der Waals surface area contributed by atoms with Crippen molar-refractivity contribution in [1.82, 2.24) is 4.31 Å². The van der Waals surface area contributed by atoms with Gasteiger partial charge in [0.15, 0.2) is 0 Å². The van der Waals surface area contributed by atoms with Gasteiger partial charge in [0.05, 0.1) is 11.7 Å². The average Bonchev–Trinajstić information content (AvgIpc) is 2.25. The van der Waals surface area contributed by atoms with E-state index in [4.69, 9.17) is 5.11 Å². The third-order valence-electron chi connectivity index (χ3n) is 3.03. The van der Waals surface area contributed by atoms with Crippen molar-refractivity contribution in [2.45, 2.75) is 33.6 Å². The van der Waals surface area contributed by atoms with E-state index in [-0.39, 0.29) is 18.2 Å². The molecule has 0 aromatic rings. The van der Waals surface area contributed by atoms with Crippen LogP contribution < -0.4 is 0 Å². The van der Waals surface area contributed by atoms with Crippen molar-refractivity contribution in [3.8, 4) is 0 Å². The maximum Gasteiger partial charge on any atom is 0.307 e. The van der Waals surface area contributed by atoms with Crippen LogP contribution in [0.1, 0.15) is 33.6 Å². The van der Waals surface area contributed by atoms with Gasteiger partial charge in [-0.2, -0.15) is 0 Å². The van der Waals surface area contributed by atoms with Gasteiger partial charge in [-0.05, 0) is 5.92 Å². The SMILES string of the molecule is CCC(CC)CS(=O)(=O)N(C)CC(C)C(=O)O. The molecular weight excluding hydrogens is 242 g/mol. The smallest absolute Gasteiger partial charge is 0.307 e. The van der Waals surface area contributed by atoms with Crippen molar-refractivity contribution in [2.75, 3.05) is 19.3 Å². The van der Waals surface area contributed by atoms with Crippen molar-refractivity contribution in [3.63, 3.8) is 0 Å². The lowest BCUT2D eigenvalue weighted by atomic mass is 10.1. The zero-order valence-corrected chi connectivity index (χ0v) is 11.8. The molecule has 1 unspecified atom stereocenters. The van der Waals surface area contributed by atoms with Gasteiger partial charge in [-0.25, -0.2) is 12.7 Å². The molecule has 6 heteroatoms. The quantitative estimate of drug-likeness (QED) is 0.720. The van der Waals surface area contributed by atoms with E-state index in [0.29, 0.717) is 0 Å². The van der Waals surface area contributed by atoms with Gasteiger partial charge in [-0.1, -0.05) is 33.6 Å². The minimum absolute atomic E-state index is 0.0256. The number of hydrogen-bond acceptors (Lipinski definition) is 3. The van der Waals surface area contributed by atoms with Crippen molar-refractivity contribution >= 4 is 16.0 Å². The fourth-order valence-corrected chi connectivity index (χ4v) is 3.30. The number of rotatable bonds is 8. The summed E-state index contributed by atoms with van der Waals surface area (Å²) in [6.07, 6.45) is 1.64. The normalized spacial score (nSPS) is 14.2. The van der Waals surface area contributed by atoms with E-state index in [9.17, 15) is 13.2 Å². The molecular formula is C11H23NO4S. The van der Waals surface area contributed by atoms with Crippen LogP contribution >= 0.6 is 0 Å². The van der Waals surface area contributed by atoms with E-state index in [0.717, 1.165) is 17.1 Å². The molecule has 5 nitrogen and oxygen atoms in total. The predicted molar refractivity (Wildman–Crippen MR) is 67.3 cm³/mol. The number of nitrogens with zero attached hydrogens (tertiary/aromatic N) is 1. The Kier molecular flexibility index (Phi) is 6.70. The first kappa shape index (κ1) is 16.4. The van der Waals surface area contributed by atoms with Gasteiger partial charge in [0.25, 0.3) is 0 Å². The second-order valence-electron chi connectivity index (χ2n) is 4.48. The maximum atomic E-state index is 11.9. The molecule has 0 aromatic carbocycles. The highest BCUT2D eigenvalue weighted by atomic mass is 32.2. The van der Waals surface area contributed by atoms with Crippen LogP contribution in [0.25, 0.3) is 0 Å². The number of carboxylic acids is 1. The third kappa shape index (κ3) is 5.50. The minimum atomic E-state index is -3.34. The van der Waals surface area contributed by atoms with Gasteiger partial charge in [0.2, 0.25) is 10.0 Å². The highest BCUT2D eigenvalue weighted by molar-refractivity contribution is 7.89. The van der Waals surface area contributed by atoms with Crippen molar-refractivity contribution in [3.05, 3.63) is 0 Å². The Morgan fingerprint density at radius 1 is 1.29 bits per heavy atom. The molecule has 0 aliphatic heterocycles. The molecule has 1 N–H and O–H groups in total. The predicted octanol–water partition coefficient (Wildman–Crippen LogP) is 1.40. The number of aliphatic carboxylic acids is 1. The van der Waals surface area contributed by atoms with Crippen LogP contribution in [-0.2, 0) is 14.8 Å².